The van der Waals surface area contributed by atoms with Gasteiger partial charge in [0.2, 0.25) is 0 Å². The van der Waals surface area contributed by atoms with Crippen LogP contribution in [0.25, 0.3) is 0 Å². The molecule has 0 aromatic rings. The Balaban J connectivity index is 1.82. The lowest BCUT2D eigenvalue weighted by molar-refractivity contribution is -0.139. The molecule has 2 rings (SSSR count). The van der Waals surface area contributed by atoms with Crippen LogP contribution in [-0.4, -0.2) is 28.7 Å². The second kappa shape index (κ2) is 5.42. The van der Waals surface area contributed by atoms with Crippen LogP contribution in [0.2, 0.25) is 0 Å². The molecule has 2 aliphatic carbocycles. The van der Waals surface area contributed by atoms with Crippen molar-refractivity contribution >= 4 is 12.0 Å². The third kappa shape index (κ3) is 3.24. The van der Waals surface area contributed by atoms with E-state index < -0.39 is 11.5 Å². The number of aliphatic carboxylic acids is 1. The Labute approximate surface area is 107 Å². The smallest absolute Gasteiger partial charge is 0.315 e. The second-order valence-corrected chi connectivity index (χ2v) is 5.28. The van der Waals surface area contributed by atoms with Crippen LogP contribution in [0.5, 0.6) is 0 Å². The highest BCUT2D eigenvalue weighted by Crippen LogP contribution is 2.34. The van der Waals surface area contributed by atoms with Crippen LogP contribution in [0.15, 0.2) is 12.2 Å². The first kappa shape index (κ1) is 12.9. The number of carbonyl (C=O) groups is 2. The van der Waals surface area contributed by atoms with Gasteiger partial charge in [0.05, 0.1) is 12.0 Å². The first-order valence-corrected chi connectivity index (χ1v) is 6.55. The monoisotopic (exact) mass is 252 g/mol. The van der Waals surface area contributed by atoms with Gasteiger partial charge in [-0.05, 0) is 38.5 Å². The quantitative estimate of drug-likeness (QED) is 0.667. The molecule has 2 aliphatic rings. The fraction of sp³-hybridized carbons (Fsp3) is 0.692. The number of hydrogen-bond donors (Lipinski definition) is 3. The molecule has 0 aliphatic heterocycles. The van der Waals surface area contributed by atoms with Crippen LogP contribution in [0.4, 0.5) is 4.79 Å². The van der Waals surface area contributed by atoms with Gasteiger partial charge in [-0.3, -0.25) is 4.79 Å². The van der Waals surface area contributed by atoms with Gasteiger partial charge in [-0.2, -0.15) is 0 Å². The number of carboxylic acids is 1. The van der Waals surface area contributed by atoms with E-state index >= 15 is 0 Å². The molecule has 1 saturated carbocycles. The maximum atomic E-state index is 11.9. The molecule has 1 unspecified atom stereocenters. The Morgan fingerprint density at radius 2 is 2.11 bits per heavy atom. The van der Waals surface area contributed by atoms with E-state index in [4.69, 9.17) is 5.11 Å². The molecule has 3 N–H and O–H groups in total. The zero-order valence-electron chi connectivity index (χ0n) is 10.4. The van der Waals surface area contributed by atoms with Crippen LogP contribution in [0.3, 0.4) is 0 Å². The maximum absolute atomic E-state index is 11.9. The van der Waals surface area contributed by atoms with Crippen molar-refractivity contribution in [2.45, 2.75) is 56.5 Å². The minimum Gasteiger partial charge on any atom is -0.481 e. The number of amides is 2. The zero-order chi connectivity index (χ0) is 13.0. The van der Waals surface area contributed by atoms with Crippen molar-refractivity contribution < 1.29 is 14.7 Å². The average molecular weight is 252 g/mol. The standard InChI is InChI=1S/C13H20N2O3/c16-11(17)9-13(7-4-8-13)15-12(18)14-10-5-2-1-3-6-10/h1-2,10H,3-9H2,(H,16,17)(H2,14,15,18). The summed E-state index contributed by atoms with van der Waals surface area (Å²) in [4.78, 5) is 22.7. The zero-order valence-corrected chi connectivity index (χ0v) is 10.4. The number of allylic oxidation sites excluding steroid dienone is 1. The molecular weight excluding hydrogens is 232 g/mol. The molecule has 0 bridgehead atoms. The fourth-order valence-electron chi connectivity index (χ4n) is 2.63. The van der Waals surface area contributed by atoms with Gasteiger partial charge in [0, 0.05) is 6.04 Å². The van der Waals surface area contributed by atoms with Crippen molar-refractivity contribution in [2.75, 3.05) is 0 Å². The second-order valence-electron chi connectivity index (χ2n) is 5.28. The number of carbonyl (C=O) groups excluding carboxylic acids is 1. The average Bonchev–Trinajstić information content (AvgIpc) is 2.26. The van der Waals surface area contributed by atoms with E-state index in [9.17, 15) is 9.59 Å². The SMILES string of the molecule is O=C(O)CC1(NC(=O)NC2CC=CCC2)CCC1. The lowest BCUT2D eigenvalue weighted by Crippen LogP contribution is -2.58. The van der Waals surface area contributed by atoms with Gasteiger partial charge in [0.1, 0.15) is 0 Å². The molecule has 5 heteroatoms. The number of urea groups is 1. The molecule has 0 saturated heterocycles. The van der Waals surface area contributed by atoms with Gasteiger partial charge < -0.3 is 15.7 Å². The lowest BCUT2D eigenvalue weighted by Gasteiger charge is -2.41. The van der Waals surface area contributed by atoms with Gasteiger partial charge in [0.15, 0.2) is 0 Å². The van der Waals surface area contributed by atoms with E-state index in [1.807, 2.05) is 0 Å². The maximum Gasteiger partial charge on any atom is 0.315 e. The molecule has 0 spiro atoms. The number of carboxylic acid groups (broad SMARTS) is 1. The molecule has 5 nitrogen and oxygen atoms in total. The van der Waals surface area contributed by atoms with Crippen LogP contribution in [-0.2, 0) is 4.79 Å². The number of rotatable bonds is 4. The highest BCUT2D eigenvalue weighted by atomic mass is 16.4. The van der Waals surface area contributed by atoms with Gasteiger partial charge in [-0.25, -0.2) is 4.79 Å². The predicted molar refractivity (Wildman–Crippen MR) is 67.3 cm³/mol. The highest BCUT2D eigenvalue weighted by molar-refractivity contribution is 5.77. The molecule has 1 fully saturated rings. The Hall–Kier alpha value is -1.52. The van der Waals surface area contributed by atoms with Crippen LogP contribution in [0, 0.1) is 0 Å². The molecule has 100 valence electrons. The van der Waals surface area contributed by atoms with Crippen molar-refractivity contribution in [1.29, 1.82) is 0 Å². The summed E-state index contributed by atoms with van der Waals surface area (Å²) in [5.41, 5.74) is -0.513. The Kier molecular flexibility index (Phi) is 3.89. The molecule has 0 heterocycles. The summed E-state index contributed by atoms with van der Waals surface area (Å²) in [5.74, 6) is -0.851. The van der Waals surface area contributed by atoms with Gasteiger partial charge in [-0.1, -0.05) is 12.2 Å². The van der Waals surface area contributed by atoms with Crippen molar-refractivity contribution in [1.82, 2.24) is 10.6 Å². The summed E-state index contributed by atoms with van der Waals surface area (Å²) in [6.45, 7) is 0. The van der Waals surface area contributed by atoms with Gasteiger partial charge in [-0.15, -0.1) is 0 Å². The molecule has 2 amide bonds. The highest BCUT2D eigenvalue weighted by Gasteiger charge is 2.40. The van der Waals surface area contributed by atoms with Crippen molar-refractivity contribution in [3.05, 3.63) is 12.2 Å². The van der Waals surface area contributed by atoms with Crippen LogP contribution < -0.4 is 10.6 Å². The predicted octanol–water partition coefficient (Wildman–Crippen LogP) is 1.79. The van der Waals surface area contributed by atoms with E-state index in [-0.39, 0.29) is 18.5 Å². The van der Waals surface area contributed by atoms with E-state index in [0.717, 1.165) is 38.5 Å². The summed E-state index contributed by atoms with van der Waals surface area (Å²) in [5, 5.41) is 14.6. The Morgan fingerprint density at radius 3 is 2.61 bits per heavy atom. The topological polar surface area (TPSA) is 78.4 Å². The van der Waals surface area contributed by atoms with Gasteiger partial charge in [0.25, 0.3) is 0 Å². The van der Waals surface area contributed by atoms with Crippen molar-refractivity contribution in [3.8, 4) is 0 Å². The largest absolute Gasteiger partial charge is 0.481 e. The third-order valence-corrected chi connectivity index (χ3v) is 3.78. The first-order chi connectivity index (χ1) is 8.60. The summed E-state index contributed by atoms with van der Waals surface area (Å²) >= 11 is 0. The summed E-state index contributed by atoms with van der Waals surface area (Å²) in [6, 6.07) is -0.0480. The van der Waals surface area contributed by atoms with Crippen LogP contribution in [0.1, 0.15) is 44.9 Å². The molecule has 18 heavy (non-hydrogen) atoms. The number of hydrogen-bond acceptors (Lipinski definition) is 2. The summed E-state index contributed by atoms with van der Waals surface area (Å²) < 4.78 is 0. The first-order valence-electron chi connectivity index (χ1n) is 6.55. The Morgan fingerprint density at radius 1 is 1.33 bits per heavy atom. The van der Waals surface area contributed by atoms with Crippen molar-refractivity contribution in [3.63, 3.8) is 0 Å². The molecule has 1 atom stereocenters. The summed E-state index contributed by atoms with van der Waals surface area (Å²) in [7, 11) is 0. The number of nitrogens with one attached hydrogen (secondary N) is 2. The Bertz CT molecular complexity index is 361. The van der Waals surface area contributed by atoms with E-state index in [2.05, 4.69) is 22.8 Å². The lowest BCUT2D eigenvalue weighted by atomic mass is 9.74. The van der Waals surface area contributed by atoms with E-state index in [1.165, 1.54) is 0 Å². The minimum atomic E-state index is -0.851. The molecule has 0 aromatic heterocycles. The minimum absolute atomic E-state index is 0.0188. The molecular formula is C13H20N2O3. The third-order valence-electron chi connectivity index (χ3n) is 3.78. The molecule has 0 aromatic carbocycles. The fourth-order valence-corrected chi connectivity index (χ4v) is 2.63. The van der Waals surface area contributed by atoms with E-state index in [0.29, 0.717) is 0 Å². The van der Waals surface area contributed by atoms with Gasteiger partial charge >= 0.3 is 12.0 Å². The van der Waals surface area contributed by atoms with Crippen LogP contribution >= 0.6 is 0 Å². The van der Waals surface area contributed by atoms with E-state index in [1.54, 1.807) is 0 Å². The normalized spacial score (nSPS) is 25.0. The molecule has 0 radical (unpaired) electrons. The summed E-state index contributed by atoms with van der Waals surface area (Å²) in [6.07, 6.45) is 9.53. The van der Waals surface area contributed by atoms with Crippen molar-refractivity contribution in [2.24, 2.45) is 0 Å².